The molecular weight excluding hydrogens is 276 g/mol. The first-order valence-corrected chi connectivity index (χ1v) is 7.39. The average Bonchev–Trinajstić information content (AvgIpc) is 2.67. The molecule has 1 unspecified atom stereocenters. The maximum atomic E-state index is 12.2. The van der Waals surface area contributed by atoms with Gasteiger partial charge in [-0.15, -0.1) is 11.6 Å². The fourth-order valence-electron chi connectivity index (χ4n) is 2.32. The van der Waals surface area contributed by atoms with Crippen LogP contribution in [-0.4, -0.2) is 39.6 Å². The predicted molar refractivity (Wildman–Crippen MR) is 81.5 cm³/mol. The van der Waals surface area contributed by atoms with Crippen molar-refractivity contribution >= 4 is 23.3 Å². The number of alkyl halides is 1. The van der Waals surface area contributed by atoms with E-state index in [0.717, 1.165) is 11.4 Å². The molecule has 0 aliphatic heterocycles. The van der Waals surface area contributed by atoms with Gasteiger partial charge in [0.25, 0.3) is 0 Å². The first-order chi connectivity index (χ1) is 9.33. The van der Waals surface area contributed by atoms with Crippen LogP contribution in [0.25, 0.3) is 0 Å². The normalized spacial score (nSPS) is 12.3. The Hall–Kier alpha value is -1.29. The quantitative estimate of drug-likeness (QED) is 0.599. The number of ketones is 1. The van der Waals surface area contributed by atoms with Crippen LogP contribution < -0.4 is 0 Å². The number of likely N-dealkylation sites (N-methyl/N-ethyl adjacent to an activating group) is 1. The van der Waals surface area contributed by atoms with Crippen LogP contribution in [0.3, 0.4) is 0 Å². The van der Waals surface area contributed by atoms with Crippen molar-refractivity contribution in [2.45, 2.75) is 46.5 Å². The van der Waals surface area contributed by atoms with Crippen LogP contribution in [0.5, 0.6) is 0 Å². The lowest BCUT2D eigenvalue weighted by Gasteiger charge is -2.20. The molecular formula is C15H23ClN2O2. The molecule has 1 heterocycles. The summed E-state index contributed by atoms with van der Waals surface area (Å²) in [5.74, 6) is -0.0315. The molecule has 5 heteroatoms. The highest BCUT2D eigenvalue weighted by molar-refractivity contribution is 6.33. The zero-order valence-corrected chi connectivity index (χ0v) is 13.6. The van der Waals surface area contributed by atoms with Crippen molar-refractivity contribution in [3.8, 4) is 0 Å². The molecule has 1 rings (SSSR count). The third-order valence-corrected chi connectivity index (χ3v) is 3.81. The standard InChI is InChI=1S/C15H23ClN2O2/c1-6-17(7-2)14(19)9-18-10(3)8-13(12(18)5)15(20)11(4)16/h8,11H,6-7,9H2,1-5H3. The van der Waals surface area contributed by atoms with Crippen molar-refractivity contribution in [1.82, 2.24) is 9.47 Å². The molecule has 4 nitrogen and oxygen atoms in total. The maximum Gasteiger partial charge on any atom is 0.242 e. The van der Waals surface area contributed by atoms with Crippen molar-refractivity contribution < 1.29 is 9.59 Å². The van der Waals surface area contributed by atoms with E-state index in [4.69, 9.17) is 11.6 Å². The molecule has 1 aromatic rings. The zero-order chi connectivity index (χ0) is 15.4. The number of hydrogen-bond donors (Lipinski definition) is 0. The van der Waals surface area contributed by atoms with Crippen molar-refractivity contribution in [1.29, 1.82) is 0 Å². The minimum Gasteiger partial charge on any atom is -0.342 e. The van der Waals surface area contributed by atoms with Gasteiger partial charge < -0.3 is 9.47 Å². The zero-order valence-electron chi connectivity index (χ0n) is 12.9. The van der Waals surface area contributed by atoms with Crippen LogP contribution in [0.1, 0.15) is 42.5 Å². The Morgan fingerprint density at radius 3 is 2.30 bits per heavy atom. The highest BCUT2D eigenvalue weighted by atomic mass is 35.5. The monoisotopic (exact) mass is 298 g/mol. The predicted octanol–water partition coefficient (Wildman–Crippen LogP) is 2.78. The van der Waals surface area contributed by atoms with E-state index in [0.29, 0.717) is 18.7 Å². The lowest BCUT2D eigenvalue weighted by molar-refractivity contribution is -0.131. The van der Waals surface area contributed by atoms with Gasteiger partial charge in [0, 0.05) is 30.0 Å². The lowest BCUT2D eigenvalue weighted by Crippen LogP contribution is -2.33. The smallest absolute Gasteiger partial charge is 0.242 e. The third-order valence-electron chi connectivity index (χ3n) is 3.61. The molecule has 0 N–H and O–H groups in total. The number of Topliss-reactive ketones (excluding diaryl/α,β-unsaturated/α-hetero) is 1. The summed E-state index contributed by atoms with van der Waals surface area (Å²) >= 11 is 5.86. The van der Waals surface area contributed by atoms with Crippen LogP contribution in [0.15, 0.2) is 6.07 Å². The summed E-state index contributed by atoms with van der Waals surface area (Å²) < 4.78 is 1.88. The lowest BCUT2D eigenvalue weighted by atomic mass is 10.1. The highest BCUT2D eigenvalue weighted by Gasteiger charge is 2.21. The molecule has 1 amide bonds. The Labute approximate surface area is 125 Å². The molecule has 0 aromatic carbocycles. The Morgan fingerprint density at radius 2 is 1.85 bits per heavy atom. The van der Waals surface area contributed by atoms with E-state index in [1.54, 1.807) is 11.8 Å². The third kappa shape index (κ3) is 3.42. The van der Waals surface area contributed by atoms with Gasteiger partial charge in [-0.2, -0.15) is 0 Å². The molecule has 1 atom stereocenters. The minimum atomic E-state index is -0.553. The van der Waals surface area contributed by atoms with Gasteiger partial charge in [-0.25, -0.2) is 0 Å². The SMILES string of the molecule is CCN(CC)C(=O)Cn1c(C)cc(C(=O)C(C)Cl)c1C. The van der Waals surface area contributed by atoms with Crippen LogP contribution in [0, 0.1) is 13.8 Å². The van der Waals surface area contributed by atoms with Gasteiger partial charge in [0.05, 0.1) is 5.38 Å². The Kier molecular flexibility index (Phi) is 5.81. The number of hydrogen-bond acceptors (Lipinski definition) is 2. The molecule has 0 saturated carbocycles. The van der Waals surface area contributed by atoms with E-state index in [-0.39, 0.29) is 18.2 Å². The van der Waals surface area contributed by atoms with Gasteiger partial charge >= 0.3 is 0 Å². The molecule has 0 aliphatic rings. The van der Waals surface area contributed by atoms with Crippen molar-refractivity contribution in [3.05, 3.63) is 23.0 Å². The Balaban J connectivity index is 3.03. The van der Waals surface area contributed by atoms with Gasteiger partial charge in [-0.1, -0.05) is 0 Å². The summed E-state index contributed by atoms with van der Waals surface area (Å²) in [6, 6.07) is 1.81. The fraction of sp³-hybridized carbons (Fsp3) is 0.600. The van der Waals surface area contributed by atoms with Gasteiger partial charge in [0.15, 0.2) is 5.78 Å². The number of rotatable bonds is 6. The van der Waals surface area contributed by atoms with Crippen molar-refractivity contribution in [2.75, 3.05) is 13.1 Å². The van der Waals surface area contributed by atoms with Gasteiger partial charge in [0.1, 0.15) is 6.54 Å². The van der Waals surface area contributed by atoms with Crippen LogP contribution in [0.2, 0.25) is 0 Å². The van der Waals surface area contributed by atoms with Crippen LogP contribution in [-0.2, 0) is 11.3 Å². The molecule has 0 radical (unpaired) electrons. The number of aromatic nitrogens is 1. The Morgan fingerprint density at radius 1 is 1.30 bits per heavy atom. The molecule has 112 valence electrons. The molecule has 0 fully saturated rings. The summed E-state index contributed by atoms with van der Waals surface area (Å²) in [6.45, 7) is 11.0. The van der Waals surface area contributed by atoms with Gasteiger partial charge in [0.2, 0.25) is 5.91 Å². The topological polar surface area (TPSA) is 42.3 Å². The summed E-state index contributed by atoms with van der Waals surface area (Å²) in [5.41, 5.74) is 2.32. The Bertz CT molecular complexity index is 502. The first kappa shape index (κ1) is 16.8. The molecule has 0 aliphatic carbocycles. The summed E-state index contributed by atoms with van der Waals surface area (Å²) in [4.78, 5) is 26.0. The van der Waals surface area contributed by atoms with Crippen LogP contribution in [0.4, 0.5) is 0 Å². The maximum absolute atomic E-state index is 12.2. The number of amides is 1. The first-order valence-electron chi connectivity index (χ1n) is 6.96. The van der Waals surface area contributed by atoms with Crippen molar-refractivity contribution in [2.24, 2.45) is 0 Å². The highest BCUT2D eigenvalue weighted by Crippen LogP contribution is 2.18. The molecule has 0 saturated heterocycles. The minimum absolute atomic E-state index is 0.0646. The number of halogens is 1. The van der Waals surface area contributed by atoms with E-state index in [9.17, 15) is 9.59 Å². The number of carbonyl (C=O) groups is 2. The fourth-order valence-corrected chi connectivity index (χ4v) is 2.44. The second-order valence-electron chi connectivity index (χ2n) is 4.92. The van der Waals surface area contributed by atoms with E-state index >= 15 is 0 Å². The van der Waals surface area contributed by atoms with E-state index in [2.05, 4.69) is 0 Å². The number of carbonyl (C=O) groups excluding carboxylic acids is 2. The van der Waals surface area contributed by atoms with Gasteiger partial charge in [-0.3, -0.25) is 9.59 Å². The largest absolute Gasteiger partial charge is 0.342 e. The summed E-state index contributed by atoms with van der Waals surface area (Å²) in [5, 5.41) is -0.553. The second kappa shape index (κ2) is 6.93. The molecule has 0 bridgehead atoms. The van der Waals surface area contributed by atoms with Crippen molar-refractivity contribution in [3.63, 3.8) is 0 Å². The van der Waals surface area contributed by atoms with E-state index < -0.39 is 5.38 Å². The number of aryl methyl sites for hydroxylation is 1. The summed E-state index contributed by atoms with van der Waals surface area (Å²) in [7, 11) is 0. The average molecular weight is 299 g/mol. The number of nitrogens with zero attached hydrogens (tertiary/aromatic N) is 2. The van der Waals surface area contributed by atoms with E-state index in [1.807, 2.05) is 38.3 Å². The van der Waals surface area contributed by atoms with Crippen LogP contribution >= 0.6 is 11.6 Å². The second-order valence-corrected chi connectivity index (χ2v) is 5.57. The van der Waals surface area contributed by atoms with Gasteiger partial charge in [-0.05, 0) is 40.7 Å². The molecule has 0 spiro atoms. The molecule has 1 aromatic heterocycles. The summed E-state index contributed by atoms with van der Waals surface area (Å²) in [6.07, 6.45) is 0. The molecule has 20 heavy (non-hydrogen) atoms. The van der Waals surface area contributed by atoms with E-state index in [1.165, 1.54) is 0 Å².